The van der Waals surface area contributed by atoms with Gasteiger partial charge in [0.25, 0.3) is 5.91 Å². The highest BCUT2D eigenvalue weighted by atomic mass is 16.5. The molecule has 0 aliphatic rings. The van der Waals surface area contributed by atoms with Crippen LogP contribution in [-0.4, -0.2) is 49.0 Å². The zero-order valence-electron chi connectivity index (χ0n) is 18.8. The van der Waals surface area contributed by atoms with Crippen molar-refractivity contribution in [3.8, 4) is 28.7 Å². The zero-order chi connectivity index (χ0) is 23.8. The summed E-state index contributed by atoms with van der Waals surface area (Å²) in [6.45, 7) is 6.89. The maximum Gasteiger partial charge on any atom is 0.337 e. The molecule has 0 spiro atoms. The van der Waals surface area contributed by atoms with Crippen molar-refractivity contribution >= 4 is 17.9 Å². The summed E-state index contributed by atoms with van der Waals surface area (Å²) in [5.74, 6) is 0.657. The van der Waals surface area contributed by atoms with Gasteiger partial charge in [-0.1, -0.05) is 5.10 Å². The fourth-order valence-corrected chi connectivity index (χ4v) is 2.95. The third kappa shape index (κ3) is 5.59. The van der Waals surface area contributed by atoms with Crippen molar-refractivity contribution in [1.29, 1.82) is 0 Å². The van der Waals surface area contributed by atoms with E-state index in [1.165, 1.54) is 31.4 Å². The number of amides is 1. The summed E-state index contributed by atoms with van der Waals surface area (Å²) in [7, 11) is 1.29. The summed E-state index contributed by atoms with van der Waals surface area (Å²) < 4.78 is 27.4. The van der Waals surface area contributed by atoms with Crippen molar-refractivity contribution in [2.45, 2.75) is 20.8 Å². The number of ether oxygens (including phenoxy) is 4. The van der Waals surface area contributed by atoms with Crippen molar-refractivity contribution in [2.24, 2.45) is 0 Å². The lowest BCUT2D eigenvalue weighted by Gasteiger charge is -2.16. The van der Waals surface area contributed by atoms with Crippen LogP contribution in [-0.2, 0) is 4.74 Å². The van der Waals surface area contributed by atoms with Gasteiger partial charge in [-0.3, -0.25) is 10.1 Å². The Morgan fingerprint density at radius 2 is 1.45 bits per heavy atom. The van der Waals surface area contributed by atoms with Crippen LogP contribution in [0.25, 0.3) is 11.5 Å². The predicted octanol–water partition coefficient (Wildman–Crippen LogP) is 3.97. The lowest BCUT2D eigenvalue weighted by molar-refractivity contribution is 0.0600. The number of nitrogens with one attached hydrogen (secondary N) is 1. The number of methoxy groups -OCH3 is 1. The molecule has 10 heteroatoms. The number of nitrogens with zero attached hydrogens (tertiary/aromatic N) is 2. The Morgan fingerprint density at radius 1 is 0.879 bits per heavy atom. The average Bonchev–Trinajstić information content (AvgIpc) is 3.29. The molecule has 1 heterocycles. The number of carbonyl (C=O) groups excluding carboxylic acids is 2. The summed E-state index contributed by atoms with van der Waals surface area (Å²) in [5.41, 5.74) is 1.18. The van der Waals surface area contributed by atoms with Crippen LogP contribution in [0.3, 0.4) is 0 Å². The van der Waals surface area contributed by atoms with Gasteiger partial charge >= 0.3 is 12.0 Å². The van der Waals surface area contributed by atoms with Crippen molar-refractivity contribution < 1.29 is 33.0 Å². The van der Waals surface area contributed by atoms with Crippen LogP contribution in [0.2, 0.25) is 0 Å². The van der Waals surface area contributed by atoms with Gasteiger partial charge in [-0.05, 0) is 57.2 Å². The molecule has 3 rings (SSSR count). The molecule has 3 aromatic rings. The second-order valence-electron chi connectivity index (χ2n) is 6.54. The number of hydrogen-bond acceptors (Lipinski definition) is 9. The summed E-state index contributed by atoms with van der Waals surface area (Å²) >= 11 is 0. The monoisotopic (exact) mass is 455 g/mol. The van der Waals surface area contributed by atoms with Crippen LogP contribution < -0.4 is 19.5 Å². The van der Waals surface area contributed by atoms with Gasteiger partial charge in [-0.25, -0.2) is 4.79 Å². The fraction of sp³-hybridized carbons (Fsp3) is 0.304. The Kier molecular flexibility index (Phi) is 7.85. The van der Waals surface area contributed by atoms with Gasteiger partial charge in [0.1, 0.15) is 0 Å². The van der Waals surface area contributed by atoms with Crippen LogP contribution >= 0.6 is 0 Å². The molecule has 0 aliphatic heterocycles. The summed E-state index contributed by atoms with van der Waals surface area (Å²) in [5, 5.41) is 10.4. The zero-order valence-corrected chi connectivity index (χ0v) is 18.8. The third-order valence-electron chi connectivity index (χ3n) is 4.37. The Bertz CT molecular complexity index is 1080. The maximum absolute atomic E-state index is 12.5. The minimum atomic E-state index is -0.489. The van der Waals surface area contributed by atoms with Gasteiger partial charge in [-0.2, -0.15) is 0 Å². The van der Waals surface area contributed by atoms with E-state index in [1.807, 2.05) is 20.8 Å². The first-order chi connectivity index (χ1) is 16.0. The van der Waals surface area contributed by atoms with Crippen LogP contribution in [0.5, 0.6) is 17.2 Å². The topological polar surface area (TPSA) is 122 Å². The molecule has 1 N–H and O–H groups in total. The van der Waals surface area contributed by atoms with E-state index in [-0.39, 0.29) is 11.9 Å². The van der Waals surface area contributed by atoms with Gasteiger partial charge in [0.05, 0.1) is 32.5 Å². The summed E-state index contributed by atoms with van der Waals surface area (Å²) in [4.78, 5) is 24.0. The number of anilines is 1. The Morgan fingerprint density at radius 3 is 2.00 bits per heavy atom. The fourth-order valence-electron chi connectivity index (χ4n) is 2.95. The number of benzene rings is 2. The van der Waals surface area contributed by atoms with Crippen molar-refractivity contribution in [3.05, 3.63) is 47.5 Å². The third-order valence-corrected chi connectivity index (χ3v) is 4.37. The molecular formula is C23H25N3O7. The molecule has 0 aliphatic carbocycles. The Balaban J connectivity index is 1.83. The first-order valence-corrected chi connectivity index (χ1v) is 10.4. The minimum Gasteiger partial charge on any atom is -0.490 e. The van der Waals surface area contributed by atoms with Crippen LogP contribution in [0.1, 0.15) is 41.5 Å². The lowest BCUT2D eigenvalue weighted by atomic mass is 10.1. The molecular weight excluding hydrogens is 430 g/mol. The second-order valence-corrected chi connectivity index (χ2v) is 6.54. The Hall–Kier alpha value is -4.08. The summed E-state index contributed by atoms with van der Waals surface area (Å²) in [6.07, 6.45) is 0. The number of carbonyl (C=O) groups is 2. The molecule has 0 saturated heterocycles. The smallest absolute Gasteiger partial charge is 0.337 e. The molecule has 0 unspecified atom stereocenters. The maximum atomic E-state index is 12.5. The molecule has 10 nitrogen and oxygen atoms in total. The quantitative estimate of drug-likeness (QED) is 0.452. The summed E-state index contributed by atoms with van der Waals surface area (Å²) in [6, 6.07) is 9.30. The standard InChI is InChI=1S/C23H25N3O7/c1-5-30-17-12-16(13-18(31-6-2)19(17)32-7-3)21-25-26-23(33-21)24-20(27)14-8-10-15(11-9-14)22(28)29-4/h8-13H,5-7H2,1-4H3,(H,24,26,27). The van der Waals surface area contributed by atoms with Crippen LogP contribution in [0, 0.1) is 0 Å². The molecule has 0 radical (unpaired) electrons. The molecule has 1 amide bonds. The predicted molar refractivity (Wildman–Crippen MR) is 119 cm³/mol. The number of aromatic nitrogens is 2. The largest absolute Gasteiger partial charge is 0.490 e. The highest BCUT2D eigenvalue weighted by Crippen LogP contribution is 2.41. The van der Waals surface area contributed by atoms with Gasteiger partial charge in [0, 0.05) is 11.1 Å². The molecule has 0 bridgehead atoms. The first kappa shape index (κ1) is 23.6. The number of hydrogen-bond donors (Lipinski definition) is 1. The van der Waals surface area contributed by atoms with E-state index in [4.69, 9.17) is 18.6 Å². The first-order valence-electron chi connectivity index (χ1n) is 10.4. The molecule has 0 saturated carbocycles. The minimum absolute atomic E-state index is 0.0863. The highest BCUT2D eigenvalue weighted by molar-refractivity contribution is 6.03. The molecule has 174 valence electrons. The highest BCUT2D eigenvalue weighted by Gasteiger charge is 2.20. The van der Waals surface area contributed by atoms with Gasteiger partial charge in [0.15, 0.2) is 11.5 Å². The van der Waals surface area contributed by atoms with Crippen LogP contribution in [0.4, 0.5) is 6.01 Å². The van der Waals surface area contributed by atoms with E-state index in [0.717, 1.165) is 0 Å². The van der Waals surface area contributed by atoms with Gasteiger partial charge < -0.3 is 23.4 Å². The molecule has 0 atom stereocenters. The van der Waals surface area contributed by atoms with Crippen LogP contribution in [0.15, 0.2) is 40.8 Å². The van der Waals surface area contributed by atoms with Gasteiger partial charge in [0.2, 0.25) is 11.6 Å². The van der Waals surface area contributed by atoms with Crippen molar-refractivity contribution in [2.75, 3.05) is 32.2 Å². The van der Waals surface area contributed by atoms with Crippen molar-refractivity contribution in [3.63, 3.8) is 0 Å². The van der Waals surface area contributed by atoms with E-state index in [2.05, 4.69) is 20.3 Å². The number of esters is 1. The Labute approximate surface area is 190 Å². The molecule has 1 aromatic heterocycles. The van der Waals surface area contributed by atoms with Crippen molar-refractivity contribution in [1.82, 2.24) is 10.2 Å². The van der Waals surface area contributed by atoms with E-state index < -0.39 is 11.9 Å². The second kappa shape index (κ2) is 11.0. The molecule has 33 heavy (non-hydrogen) atoms. The lowest BCUT2D eigenvalue weighted by Crippen LogP contribution is -2.12. The SMILES string of the molecule is CCOc1cc(-c2nnc(NC(=O)c3ccc(C(=O)OC)cc3)o2)cc(OCC)c1OCC. The molecule has 0 fully saturated rings. The molecule has 2 aromatic carbocycles. The van der Waals surface area contributed by atoms with E-state index in [0.29, 0.717) is 53.8 Å². The van der Waals surface area contributed by atoms with E-state index in [1.54, 1.807) is 12.1 Å². The normalized spacial score (nSPS) is 10.4. The van der Waals surface area contributed by atoms with E-state index in [9.17, 15) is 9.59 Å². The van der Waals surface area contributed by atoms with E-state index >= 15 is 0 Å². The number of rotatable bonds is 10. The van der Waals surface area contributed by atoms with Gasteiger partial charge in [-0.15, -0.1) is 5.10 Å². The average molecular weight is 455 g/mol.